The molecule has 0 atom stereocenters. The Morgan fingerprint density at radius 1 is 1.04 bits per heavy atom. The lowest BCUT2D eigenvalue weighted by Crippen LogP contribution is -2.29. The maximum absolute atomic E-state index is 11.7. The van der Waals surface area contributed by atoms with Crippen LogP contribution in [0.15, 0.2) is 54.6 Å². The van der Waals surface area contributed by atoms with Gasteiger partial charge in [-0.3, -0.25) is 9.59 Å². The monoisotopic (exact) mass is 363 g/mol. The van der Waals surface area contributed by atoms with Gasteiger partial charge in [0.05, 0.1) is 10.0 Å². The van der Waals surface area contributed by atoms with Crippen LogP contribution in [0.3, 0.4) is 0 Å². The smallest absolute Gasteiger partial charge is 0.325 e. The van der Waals surface area contributed by atoms with Crippen molar-refractivity contribution in [3.63, 3.8) is 0 Å². The van der Waals surface area contributed by atoms with Crippen LogP contribution in [0.2, 0.25) is 10.0 Å². The summed E-state index contributed by atoms with van der Waals surface area (Å²) in [5, 5.41) is 3.31. The summed E-state index contributed by atoms with van der Waals surface area (Å²) in [5.74, 6) is -0.909. The van der Waals surface area contributed by atoms with E-state index in [0.29, 0.717) is 10.0 Å². The number of amides is 1. The zero-order valence-electron chi connectivity index (χ0n) is 12.7. The van der Waals surface area contributed by atoms with Crippen LogP contribution < -0.4 is 5.32 Å². The normalized spacial score (nSPS) is 10.6. The fraction of sp³-hybridized carbons (Fsp3) is 0.111. The van der Waals surface area contributed by atoms with Crippen molar-refractivity contribution in [2.45, 2.75) is 6.61 Å². The Hall–Kier alpha value is -2.30. The second-order valence-electron chi connectivity index (χ2n) is 4.87. The van der Waals surface area contributed by atoms with Gasteiger partial charge in [-0.05, 0) is 29.3 Å². The van der Waals surface area contributed by atoms with Crippen LogP contribution in [-0.2, 0) is 20.9 Å². The Balaban J connectivity index is 1.75. The summed E-state index contributed by atoms with van der Waals surface area (Å²) in [6.07, 6.45) is 2.89. The third kappa shape index (κ3) is 6.07. The molecule has 0 aliphatic rings. The van der Waals surface area contributed by atoms with Crippen LogP contribution in [0.25, 0.3) is 6.08 Å². The van der Waals surface area contributed by atoms with E-state index in [4.69, 9.17) is 27.9 Å². The molecule has 0 aliphatic carbocycles. The quantitative estimate of drug-likeness (QED) is 0.626. The molecule has 2 rings (SSSR count). The predicted molar refractivity (Wildman–Crippen MR) is 94.7 cm³/mol. The molecule has 2 aromatic rings. The molecule has 0 fully saturated rings. The molecule has 1 N–H and O–H groups in total. The predicted octanol–water partition coefficient (Wildman–Crippen LogP) is 3.87. The van der Waals surface area contributed by atoms with Crippen LogP contribution >= 0.6 is 23.2 Å². The number of benzene rings is 2. The molecule has 24 heavy (non-hydrogen) atoms. The number of rotatable bonds is 6. The molecule has 0 aromatic heterocycles. The SMILES string of the molecule is O=C(/C=C/c1ccc(Cl)c(Cl)c1)NCC(=O)OCc1ccccc1. The van der Waals surface area contributed by atoms with Gasteiger partial charge >= 0.3 is 5.97 Å². The zero-order valence-corrected chi connectivity index (χ0v) is 14.2. The van der Waals surface area contributed by atoms with Crippen molar-refractivity contribution in [2.24, 2.45) is 0 Å². The van der Waals surface area contributed by atoms with E-state index in [1.807, 2.05) is 30.3 Å². The van der Waals surface area contributed by atoms with E-state index in [0.717, 1.165) is 11.1 Å². The lowest BCUT2D eigenvalue weighted by atomic mass is 10.2. The highest BCUT2D eigenvalue weighted by atomic mass is 35.5. The van der Waals surface area contributed by atoms with Crippen molar-refractivity contribution in [1.29, 1.82) is 0 Å². The Bertz CT molecular complexity index is 745. The largest absolute Gasteiger partial charge is 0.460 e. The topological polar surface area (TPSA) is 55.4 Å². The highest BCUT2D eigenvalue weighted by Crippen LogP contribution is 2.23. The summed E-state index contributed by atoms with van der Waals surface area (Å²) >= 11 is 11.7. The van der Waals surface area contributed by atoms with E-state index in [1.165, 1.54) is 6.08 Å². The lowest BCUT2D eigenvalue weighted by molar-refractivity contribution is -0.144. The second-order valence-corrected chi connectivity index (χ2v) is 5.69. The third-order valence-corrected chi connectivity index (χ3v) is 3.76. The summed E-state index contributed by atoms with van der Waals surface area (Å²) < 4.78 is 5.06. The van der Waals surface area contributed by atoms with Crippen molar-refractivity contribution in [1.82, 2.24) is 5.32 Å². The van der Waals surface area contributed by atoms with Crippen molar-refractivity contribution >= 4 is 41.2 Å². The number of carbonyl (C=O) groups is 2. The van der Waals surface area contributed by atoms with Crippen LogP contribution in [0, 0.1) is 0 Å². The fourth-order valence-electron chi connectivity index (χ4n) is 1.80. The number of esters is 1. The molecule has 0 aliphatic heterocycles. The van der Waals surface area contributed by atoms with Gasteiger partial charge in [0, 0.05) is 6.08 Å². The van der Waals surface area contributed by atoms with Gasteiger partial charge in [0.25, 0.3) is 0 Å². The van der Waals surface area contributed by atoms with Crippen LogP contribution in [-0.4, -0.2) is 18.4 Å². The summed E-state index contributed by atoms with van der Waals surface area (Å²) in [6, 6.07) is 14.3. The van der Waals surface area contributed by atoms with Gasteiger partial charge in [-0.15, -0.1) is 0 Å². The molecule has 0 radical (unpaired) electrons. The average Bonchev–Trinajstić information content (AvgIpc) is 2.60. The lowest BCUT2D eigenvalue weighted by Gasteiger charge is -2.05. The van der Waals surface area contributed by atoms with Gasteiger partial charge in [0.15, 0.2) is 0 Å². The molecule has 124 valence electrons. The first-order valence-corrected chi connectivity index (χ1v) is 7.91. The molecule has 0 heterocycles. The molecule has 0 saturated carbocycles. The number of hydrogen-bond donors (Lipinski definition) is 1. The zero-order chi connectivity index (χ0) is 17.4. The third-order valence-electron chi connectivity index (χ3n) is 3.02. The van der Waals surface area contributed by atoms with Crippen LogP contribution in [0.5, 0.6) is 0 Å². The maximum Gasteiger partial charge on any atom is 0.325 e. The summed E-state index contributed by atoms with van der Waals surface area (Å²) in [5.41, 5.74) is 1.61. The van der Waals surface area contributed by atoms with Crippen molar-refractivity contribution in [3.8, 4) is 0 Å². The Labute approximate surface area is 150 Å². The summed E-state index contributed by atoms with van der Waals surface area (Å²) in [4.78, 5) is 23.3. The van der Waals surface area contributed by atoms with E-state index in [9.17, 15) is 9.59 Å². The van der Waals surface area contributed by atoms with Crippen molar-refractivity contribution in [3.05, 3.63) is 75.8 Å². The molecular formula is C18H15Cl2NO3. The minimum atomic E-state index is -0.504. The number of ether oxygens (including phenoxy) is 1. The first kappa shape index (κ1) is 18.0. The number of hydrogen-bond acceptors (Lipinski definition) is 3. The minimum Gasteiger partial charge on any atom is -0.460 e. The van der Waals surface area contributed by atoms with Gasteiger partial charge in [-0.2, -0.15) is 0 Å². The first-order chi connectivity index (χ1) is 11.5. The first-order valence-electron chi connectivity index (χ1n) is 7.15. The molecule has 6 heteroatoms. The van der Waals surface area contributed by atoms with E-state index >= 15 is 0 Å². The molecule has 0 bridgehead atoms. The summed E-state index contributed by atoms with van der Waals surface area (Å²) in [7, 11) is 0. The maximum atomic E-state index is 11.7. The molecular weight excluding hydrogens is 349 g/mol. The van der Waals surface area contributed by atoms with Gasteiger partial charge in [0.2, 0.25) is 5.91 Å². The van der Waals surface area contributed by atoms with Crippen LogP contribution in [0.4, 0.5) is 0 Å². The number of nitrogens with one attached hydrogen (secondary N) is 1. The number of carbonyl (C=O) groups excluding carboxylic acids is 2. The minimum absolute atomic E-state index is 0.175. The average molecular weight is 364 g/mol. The Kier molecular flexibility index (Phi) is 6.85. The fourth-order valence-corrected chi connectivity index (χ4v) is 2.10. The molecule has 0 saturated heterocycles. The number of halogens is 2. The Morgan fingerprint density at radius 2 is 1.79 bits per heavy atom. The molecule has 0 spiro atoms. The Morgan fingerprint density at radius 3 is 2.50 bits per heavy atom. The van der Waals surface area contributed by atoms with E-state index in [-0.39, 0.29) is 13.2 Å². The van der Waals surface area contributed by atoms with E-state index < -0.39 is 11.9 Å². The van der Waals surface area contributed by atoms with Crippen LogP contribution in [0.1, 0.15) is 11.1 Å². The van der Waals surface area contributed by atoms with Crippen molar-refractivity contribution < 1.29 is 14.3 Å². The molecule has 2 aromatic carbocycles. The van der Waals surface area contributed by atoms with Gasteiger partial charge in [-0.25, -0.2) is 0 Å². The van der Waals surface area contributed by atoms with Gasteiger partial charge in [-0.1, -0.05) is 59.6 Å². The van der Waals surface area contributed by atoms with Gasteiger partial charge < -0.3 is 10.1 Å². The summed E-state index contributed by atoms with van der Waals surface area (Å²) in [6.45, 7) is -0.0218. The van der Waals surface area contributed by atoms with E-state index in [2.05, 4.69) is 5.32 Å². The second kappa shape index (κ2) is 9.11. The van der Waals surface area contributed by atoms with E-state index in [1.54, 1.807) is 24.3 Å². The molecule has 0 unspecified atom stereocenters. The molecule has 4 nitrogen and oxygen atoms in total. The molecule has 1 amide bonds. The highest BCUT2D eigenvalue weighted by molar-refractivity contribution is 6.42. The van der Waals surface area contributed by atoms with Gasteiger partial charge in [0.1, 0.15) is 13.2 Å². The van der Waals surface area contributed by atoms with Crippen molar-refractivity contribution in [2.75, 3.05) is 6.54 Å². The highest BCUT2D eigenvalue weighted by Gasteiger charge is 2.05. The standard InChI is InChI=1S/C18H15Cl2NO3/c19-15-8-6-13(10-16(15)20)7-9-17(22)21-11-18(23)24-12-14-4-2-1-3-5-14/h1-10H,11-12H2,(H,21,22)/b9-7+.